The Balaban J connectivity index is 1.79. The van der Waals surface area contributed by atoms with Crippen LogP contribution < -0.4 is 10.9 Å². The molecule has 1 aromatic heterocycles. The van der Waals surface area contributed by atoms with Gasteiger partial charge in [0.05, 0.1) is 16.2 Å². The molecule has 4 rings (SSSR count). The van der Waals surface area contributed by atoms with Crippen molar-refractivity contribution in [3.63, 3.8) is 0 Å². The zero-order valence-electron chi connectivity index (χ0n) is 21.2. The van der Waals surface area contributed by atoms with Gasteiger partial charge in [-0.1, -0.05) is 36.4 Å². The van der Waals surface area contributed by atoms with Gasteiger partial charge in [0.15, 0.2) is 19.6 Å². The number of aromatic nitrogens is 1. The van der Waals surface area contributed by atoms with Crippen LogP contribution in [0.5, 0.6) is 0 Å². The van der Waals surface area contributed by atoms with Crippen molar-refractivity contribution in [2.24, 2.45) is 0 Å². The molecule has 0 saturated carbocycles. The predicted molar refractivity (Wildman–Crippen MR) is 144 cm³/mol. The van der Waals surface area contributed by atoms with Crippen LogP contribution in [-0.2, 0) is 33.7 Å². The summed E-state index contributed by atoms with van der Waals surface area (Å²) in [5.74, 6) is -0.843. The zero-order chi connectivity index (χ0) is 29.2. The second-order valence-corrected chi connectivity index (χ2v) is 12.3. The third-order valence-electron chi connectivity index (χ3n) is 6.04. The Morgan fingerprint density at radius 3 is 2.23 bits per heavy atom. The molecule has 0 aliphatic carbocycles. The van der Waals surface area contributed by atoms with E-state index in [1.165, 1.54) is 43.3 Å². The number of alkyl halides is 3. The largest absolute Gasteiger partial charge is 0.606 e. The van der Waals surface area contributed by atoms with Crippen molar-refractivity contribution in [3.8, 4) is 5.69 Å². The Labute approximate surface area is 231 Å². The first-order valence-corrected chi connectivity index (χ1v) is 14.8. The van der Waals surface area contributed by atoms with Crippen molar-refractivity contribution in [2.75, 3.05) is 6.26 Å². The van der Waals surface area contributed by atoms with Crippen molar-refractivity contribution >= 4 is 26.9 Å². The minimum atomic E-state index is -4.68. The number of carbonyl (C=O) groups excluding carboxylic acids is 1. The average molecular weight is 589 g/mol. The number of halogens is 3. The van der Waals surface area contributed by atoms with E-state index in [4.69, 9.17) is 0 Å². The van der Waals surface area contributed by atoms with Gasteiger partial charge >= 0.3 is 6.18 Å². The number of pyridine rings is 1. The summed E-state index contributed by atoms with van der Waals surface area (Å²) in [4.78, 5) is 27.3. The summed E-state index contributed by atoms with van der Waals surface area (Å²) in [6.07, 6.45) is -3.61. The summed E-state index contributed by atoms with van der Waals surface area (Å²) in [5, 5.41) is 2.57. The molecular formula is C28H23F3N2O5S2. The van der Waals surface area contributed by atoms with Gasteiger partial charge in [-0.15, -0.1) is 0 Å². The van der Waals surface area contributed by atoms with Gasteiger partial charge in [-0.2, -0.15) is 13.2 Å². The van der Waals surface area contributed by atoms with Crippen LogP contribution in [0, 0.1) is 6.92 Å². The fourth-order valence-electron chi connectivity index (χ4n) is 3.97. The Hall–Kier alpha value is -3.87. The number of hydrogen-bond acceptors (Lipinski definition) is 5. The van der Waals surface area contributed by atoms with Gasteiger partial charge in [0.2, 0.25) is 0 Å². The standard InChI is InChI=1S/C28H23F3N2O5S2/c1-18-25(39(36)22-9-4-3-5-10-22)16-24(26(34)32-17-19-11-13-23(14-12-19)40(2,37)38)27(35)33(18)21-8-6-7-20(15-21)28(29,30)31/h3-16H,17H2,1-2H3,(H,32,34). The van der Waals surface area contributed by atoms with Crippen LogP contribution in [0.4, 0.5) is 13.2 Å². The summed E-state index contributed by atoms with van der Waals surface area (Å²) < 4.78 is 78.1. The maximum atomic E-state index is 13.5. The van der Waals surface area contributed by atoms with Crippen LogP contribution in [0.15, 0.2) is 104 Å². The minimum absolute atomic E-state index is 0.0726. The lowest BCUT2D eigenvalue weighted by Gasteiger charge is -2.19. The molecule has 0 spiro atoms. The molecule has 1 unspecified atom stereocenters. The lowest BCUT2D eigenvalue weighted by atomic mass is 10.1. The molecule has 12 heteroatoms. The van der Waals surface area contributed by atoms with E-state index in [2.05, 4.69) is 5.32 Å². The first-order valence-electron chi connectivity index (χ1n) is 11.8. The third kappa shape index (κ3) is 6.30. The molecule has 1 atom stereocenters. The molecule has 1 N–H and O–H groups in total. The molecule has 1 heterocycles. The molecule has 0 aliphatic rings. The monoisotopic (exact) mass is 588 g/mol. The summed E-state index contributed by atoms with van der Waals surface area (Å²) >= 11 is -1.87. The normalized spacial score (nSPS) is 12.7. The van der Waals surface area contributed by atoms with Crippen LogP contribution in [-0.4, -0.2) is 29.7 Å². The number of carbonyl (C=O) groups is 1. The van der Waals surface area contributed by atoms with E-state index in [-0.39, 0.29) is 27.7 Å². The molecule has 3 aromatic carbocycles. The van der Waals surface area contributed by atoms with E-state index in [1.54, 1.807) is 30.3 Å². The summed E-state index contributed by atoms with van der Waals surface area (Å²) in [6, 6.07) is 19.3. The van der Waals surface area contributed by atoms with Crippen molar-refractivity contribution in [3.05, 3.63) is 118 Å². The highest BCUT2D eigenvalue weighted by Crippen LogP contribution is 2.31. The minimum Gasteiger partial charge on any atom is -0.606 e. The van der Waals surface area contributed by atoms with Gasteiger partial charge in [0, 0.05) is 35.7 Å². The molecule has 0 saturated heterocycles. The van der Waals surface area contributed by atoms with E-state index in [9.17, 15) is 35.7 Å². The van der Waals surface area contributed by atoms with Gasteiger partial charge in [-0.05, 0) is 55.0 Å². The number of rotatable bonds is 7. The van der Waals surface area contributed by atoms with E-state index in [0.717, 1.165) is 29.0 Å². The quantitative estimate of drug-likeness (QED) is 0.316. The molecule has 40 heavy (non-hydrogen) atoms. The SMILES string of the molecule is Cc1c([S+]([O-])c2ccccc2)cc(C(=O)NCc2ccc(S(C)(=O)=O)cc2)c(=O)n1-c1cccc(C(F)(F)F)c1. The number of nitrogens with one attached hydrogen (secondary N) is 1. The molecule has 0 radical (unpaired) electrons. The van der Waals surface area contributed by atoms with Crippen LogP contribution >= 0.6 is 0 Å². The highest BCUT2D eigenvalue weighted by molar-refractivity contribution is 7.91. The Kier molecular flexibility index (Phi) is 8.24. The van der Waals surface area contributed by atoms with Crippen LogP contribution in [0.3, 0.4) is 0 Å². The number of amides is 1. The number of benzene rings is 3. The third-order valence-corrected chi connectivity index (χ3v) is 8.68. The number of sulfone groups is 1. The second-order valence-electron chi connectivity index (χ2n) is 8.88. The Bertz CT molecular complexity index is 1720. The summed E-state index contributed by atoms with van der Waals surface area (Å²) in [6.45, 7) is 1.37. The fraction of sp³-hybridized carbons (Fsp3) is 0.143. The van der Waals surface area contributed by atoms with Crippen LogP contribution in [0.1, 0.15) is 27.2 Å². The fourth-order valence-corrected chi connectivity index (χ4v) is 5.84. The second kappa shape index (κ2) is 11.3. The smallest absolute Gasteiger partial charge is 0.416 e. The summed E-state index contributed by atoms with van der Waals surface area (Å²) in [5.41, 5.74) is -1.80. The topological polar surface area (TPSA) is 108 Å². The average Bonchev–Trinajstić information content (AvgIpc) is 2.91. The Morgan fingerprint density at radius 1 is 0.975 bits per heavy atom. The van der Waals surface area contributed by atoms with Gasteiger partial charge < -0.3 is 9.87 Å². The molecular weight excluding hydrogens is 565 g/mol. The maximum absolute atomic E-state index is 13.5. The van der Waals surface area contributed by atoms with Crippen molar-refractivity contribution in [1.82, 2.24) is 9.88 Å². The Morgan fingerprint density at radius 2 is 1.62 bits per heavy atom. The van der Waals surface area contributed by atoms with Gasteiger partial charge in [-0.25, -0.2) is 8.42 Å². The van der Waals surface area contributed by atoms with E-state index in [1.807, 2.05) is 0 Å². The van der Waals surface area contributed by atoms with Gasteiger partial charge in [0.25, 0.3) is 11.5 Å². The highest BCUT2D eigenvalue weighted by atomic mass is 32.2. The van der Waals surface area contributed by atoms with E-state index >= 15 is 0 Å². The molecule has 208 valence electrons. The lowest BCUT2D eigenvalue weighted by molar-refractivity contribution is -0.137. The maximum Gasteiger partial charge on any atom is 0.416 e. The first kappa shape index (κ1) is 29.1. The van der Waals surface area contributed by atoms with Crippen LogP contribution in [0.25, 0.3) is 5.69 Å². The molecule has 1 amide bonds. The van der Waals surface area contributed by atoms with Crippen molar-refractivity contribution in [1.29, 1.82) is 0 Å². The van der Waals surface area contributed by atoms with E-state index < -0.39 is 49.8 Å². The van der Waals surface area contributed by atoms with Gasteiger partial charge in [0.1, 0.15) is 5.56 Å². The van der Waals surface area contributed by atoms with E-state index in [0.29, 0.717) is 10.5 Å². The molecule has 0 fully saturated rings. The van der Waals surface area contributed by atoms with Crippen molar-refractivity contribution in [2.45, 2.75) is 34.3 Å². The number of nitrogens with zero attached hydrogens (tertiary/aromatic N) is 1. The molecule has 7 nitrogen and oxygen atoms in total. The summed E-state index contributed by atoms with van der Waals surface area (Å²) in [7, 11) is -3.41. The molecule has 0 aliphatic heterocycles. The van der Waals surface area contributed by atoms with Gasteiger partial charge in [-0.3, -0.25) is 14.2 Å². The molecule has 4 aromatic rings. The lowest BCUT2D eigenvalue weighted by Crippen LogP contribution is -2.34. The zero-order valence-corrected chi connectivity index (χ0v) is 22.9. The predicted octanol–water partition coefficient (Wildman–Crippen LogP) is 4.66. The van der Waals surface area contributed by atoms with Crippen LogP contribution in [0.2, 0.25) is 0 Å². The van der Waals surface area contributed by atoms with Crippen molar-refractivity contribution < 1.29 is 30.9 Å². The number of hydrogen-bond donors (Lipinski definition) is 1. The highest BCUT2D eigenvalue weighted by Gasteiger charge is 2.32. The molecule has 0 bridgehead atoms. The first-order chi connectivity index (χ1) is 18.8.